The van der Waals surface area contributed by atoms with Gasteiger partial charge in [-0.2, -0.15) is 0 Å². The van der Waals surface area contributed by atoms with E-state index in [4.69, 9.17) is 9.47 Å². The minimum absolute atomic E-state index is 0.257. The molecular weight excluding hydrogens is 325 g/mol. The highest BCUT2D eigenvalue weighted by molar-refractivity contribution is 5.97. The lowest BCUT2D eigenvalue weighted by molar-refractivity contribution is -0.123. The molecule has 25 heavy (non-hydrogen) atoms. The molecule has 0 aromatic heterocycles. The molecule has 0 bridgehead atoms. The van der Waals surface area contributed by atoms with Crippen LogP contribution in [0.2, 0.25) is 0 Å². The highest BCUT2D eigenvalue weighted by Crippen LogP contribution is 2.19. The third-order valence-electron chi connectivity index (χ3n) is 3.70. The number of halogens is 1. The van der Waals surface area contributed by atoms with Crippen molar-refractivity contribution in [2.24, 2.45) is 0 Å². The number of benzene rings is 2. The standard InChI is InChI=1S/C19H20FNO4/c1-11-5-6-12(2)17(9-11)21-18(22)13(3)25-19(23)15-8-7-14(24-4)10-16(15)20/h5-10,13H,1-4H3,(H,21,22)/t13-/m0/s1. The number of hydrogen-bond donors (Lipinski definition) is 1. The molecule has 132 valence electrons. The summed E-state index contributed by atoms with van der Waals surface area (Å²) in [5.41, 5.74) is 2.26. The number of esters is 1. The number of hydrogen-bond acceptors (Lipinski definition) is 4. The van der Waals surface area contributed by atoms with E-state index in [1.807, 2.05) is 32.0 Å². The minimum atomic E-state index is -1.08. The van der Waals surface area contributed by atoms with Gasteiger partial charge in [-0.25, -0.2) is 9.18 Å². The summed E-state index contributed by atoms with van der Waals surface area (Å²) in [6.07, 6.45) is -1.08. The Morgan fingerprint density at radius 1 is 1.12 bits per heavy atom. The number of anilines is 1. The molecular formula is C19H20FNO4. The van der Waals surface area contributed by atoms with E-state index >= 15 is 0 Å². The highest BCUT2D eigenvalue weighted by atomic mass is 19.1. The van der Waals surface area contributed by atoms with Crippen LogP contribution in [-0.2, 0) is 9.53 Å². The molecule has 2 aromatic carbocycles. The summed E-state index contributed by atoms with van der Waals surface area (Å²) >= 11 is 0. The van der Waals surface area contributed by atoms with E-state index in [-0.39, 0.29) is 11.3 Å². The molecule has 0 fully saturated rings. The quantitative estimate of drug-likeness (QED) is 0.841. The molecule has 1 atom stereocenters. The molecule has 0 saturated heterocycles. The van der Waals surface area contributed by atoms with Crippen molar-refractivity contribution in [1.82, 2.24) is 0 Å². The van der Waals surface area contributed by atoms with Gasteiger partial charge in [0.25, 0.3) is 5.91 Å². The summed E-state index contributed by atoms with van der Waals surface area (Å²) < 4.78 is 23.8. The van der Waals surface area contributed by atoms with E-state index in [9.17, 15) is 14.0 Å². The number of aryl methyl sites for hydroxylation is 2. The lowest BCUT2D eigenvalue weighted by Crippen LogP contribution is -2.30. The molecule has 0 spiro atoms. The number of carbonyl (C=O) groups is 2. The molecule has 5 nitrogen and oxygen atoms in total. The second kappa shape index (κ2) is 7.79. The summed E-state index contributed by atoms with van der Waals surface area (Å²) in [6, 6.07) is 9.42. The summed E-state index contributed by atoms with van der Waals surface area (Å²) in [5, 5.41) is 2.71. The van der Waals surface area contributed by atoms with Gasteiger partial charge in [-0.05, 0) is 50.1 Å². The van der Waals surface area contributed by atoms with Crippen LogP contribution in [0.25, 0.3) is 0 Å². The number of carbonyl (C=O) groups excluding carboxylic acids is 2. The summed E-state index contributed by atoms with van der Waals surface area (Å²) in [6.45, 7) is 5.20. The van der Waals surface area contributed by atoms with Gasteiger partial charge < -0.3 is 14.8 Å². The Balaban J connectivity index is 2.05. The normalized spacial score (nSPS) is 11.6. The topological polar surface area (TPSA) is 64.6 Å². The molecule has 0 heterocycles. The Bertz CT molecular complexity index is 804. The molecule has 0 aliphatic heterocycles. The zero-order valence-corrected chi connectivity index (χ0v) is 14.6. The zero-order chi connectivity index (χ0) is 18.6. The first-order valence-electron chi connectivity index (χ1n) is 7.74. The van der Waals surface area contributed by atoms with Crippen LogP contribution in [0, 0.1) is 19.7 Å². The van der Waals surface area contributed by atoms with Crippen molar-refractivity contribution in [2.75, 3.05) is 12.4 Å². The Morgan fingerprint density at radius 3 is 2.48 bits per heavy atom. The predicted molar refractivity (Wildman–Crippen MR) is 92.4 cm³/mol. The van der Waals surface area contributed by atoms with Crippen LogP contribution < -0.4 is 10.1 Å². The summed E-state index contributed by atoms with van der Waals surface area (Å²) in [4.78, 5) is 24.3. The van der Waals surface area contributed by atoms with Crippen LogP contribution in [0.1, 0.15) is 28.4 Å². The average Bonchev–Trinajstić information content (AvgIpc) is 2.57. The van der Waals surface area contributed by atoms with Gasteiger partial charge in [0.1, 0.15) is 11.6 Å². The van der Waals surface area contributed by atoms with Crippen molar-refractivity contribution < 1.29 is 23.5 Å². The van der Waals surface area contributed by atoms with Crippen LogP contribution in [0.4, 0.5) is 10.1 Å². The monoisotopic (exact) mass is 345 g/mol. The molecule has 6 heteroatoms. The number of nitrogens with one attached hydrogen (secondary N) is 1. The fourth-order valence-electron chi connectivity index (χ4n) is 2.17. The van der Waals surface area contributed by atoms with Crippen molar-refractivity contribution >= 4 is 17.6 Å². The van der Waals surface area contributed by atoms with Gasteiger partial charge in [-0.15, -0.1) is 0 Å². The Labute approximate surface area is 145 Å². The Morgan fingerprint density at radius 2 is 1.84 bits per heavy atom. The number of amides is 1. The fourth-order valence-corrected chi connectivity index (χ4v) is 2.17. The Hall–Kier alpha value is -2.89. The van der Waals surface area contributed by atoms with Crippen molar-refractivity contribution in [3.63, 3.8) is 0 Å². The van der Waals surface area contributed by atoms with Crippen molar-refractivity contribution in [3.8, 4) is 5.75 Å². The van der Waals surface area contributed by atoms with Gasteiger partial charge in [0.05, 0.1) is 12.7 Å². The number of methoxy groups -OCH3 is 1. The molecule has 1 amide bonds. The first-order valence-corrected chi connectivity index (χ1v) is 7.74. The highest BCUT2D eigenvalue weighted by Gasteiger charge is 2.22. The molecule has 0 aliphatic rings. The van der Waals surface area contributed by atoms with E-state index in [1.54, 1.807) is 0 Å². The lowest BCUT2D eigenvalue weighted by Gasteiger charge is -2.15. The van der Waals surface area contributed by atoms with Gasteiger partial charge in [0, 0.05) is 11.8 Å². The smallest absolute Gasteiger partial charge is 0.341 e. The maximum Gasteiger partial charge on any atom is 0.341 e. The van der Waals surface area contributed by atoms with Crippen molar-refractivity contribution in [3.05, 3.63) is 58.9 Å². The van der Waals surface area contributed by atoms with Crippen LogP contribution in [0.5, 0.6) is 5.75 Å². The maximum atomic E-state index is 13.9. The summed E-state index contributed by atoms with van der Waals surface area (Å²) in [7, 11) is 1.40. The zero-order valence-electron chi connectivity index (χ0n) is 14.6. The van der Waals surface area contributed by atoms with Crippen molar-refractivity contribution in [2.45, 2.75) is 26.9 Å². The van der Waals surface area contributed by atoms with Gasteiger partial charge in [0.15, 0.2) is 6.10 Å². The second-order valence-corrected chi connectivity index (χ2v) is 5.70. The van der Waals surface area contributed by atoms with E-state index < -0.39 is 23.8 Å². The molecule has 2 rings (SSSR count). The third-order valence-corrected chi connectivity index (χ3v) is 3.70. The van der Waals surface area contributed by atoms with Crippen molar-refractivity contribution in [1.29, 1.82) is 0 Å². The van der Waals surface area contributed by atoms with Crippen LogP contribution in [-0.4, -0.2) is 25.1 Å². The van der Waals surface area contributed by atoms with Gasteiger partial charge in [-0.1, -0.05) is 12.1 Å². The Kier molecular flexibility index (Phi) is 5.75. The minimum Gasteiger partial charge on any atom is -0.497 e. The average molecular weight is 345 g/mol. The van der Waals surface area contributed by atoms with E-state index in [2.05, 4.69) is 5.32 Å². The fraction of sp³-hybridized carbons (Fsp3) is 0.263. The number of ether oxygens (including phenoxy) is 2. The van der Waals surface area contributed by atoms with Gasteiger partial charge in [0.2, 0.25) is 0 Å². The largest absolute Gasteiger partial charge is 0.497 e. The van der Waals surface area contributed by atoms with Gasteiger partial charge in [-0.3, -0.25) is 4.79 Å². The van der Waals surface area contributed by atoms with E-state index in [1.165, 1.54) is 26.2 Å². The molecule has 0 aliphatic carbocycles. The van der Waals surface area contributed by atoms with E-state index in [0.717, 1.165) is 17.2 Å². The summed E-state index contributed by atoms with van der Waals surface area (Å²) in [5.74, 6) is -1.89. The molecule has 1 N–H and O–H groups in total. The molecule has 0 unspecified atom stereocenters. The lowest BCUT2D eigenvalue weighted by atomic mass is 10.1. The second-order valence-electron chi connectivity index (χ2n) is 5.70. The molecule has 0 radical (unpaired) electrons. The number of rotatable bonds is 5. The first-order chi connectivity index (χ1) is 11.8. The third kappa shape index (κ3) is 4.56. The molecule has 0 saturated carbocycles. The van der Waals surface area contributed by atoms with E-state index in [0.29, 0.717) is 5.69 Å². The van der Waals surface area contributed by atoms with Crippen LogP contribution in [0.3, 0.4) is 0 Å². The SMILES string of the molecule is COc1ccc(C(=O)O[C@@H](C)C(=O)Nc2cc(C)ccc2C)c(F)c1. The van der Waals surface area contributed by atoms with Crippen LogP contribution >= 0.6 is 0 Å². The predicted octanol–water partition coefficient (Wildman–Crippen LogP) is 3.64. The molecule has 2 aromatic rings. The van der Waals surface area contributed by atoms with Gasteiger partial charge >= 0.3 is 5.97 Å². The first kappa shape index (κ1) is 18.4. The van der Waals surface area contributed by atoms with Crippen LogP contribution in [0.15, 0.2) is 36.4 Å². The maximum absolute atomic E-state index is 13.9.